The SMILES string of the molecule is COCCC(C(=O)O)C(=O)O. The lowest BCUT2D eigenvalue weighted by Crippen LogP contribution is -2.24. The Bertz CT molecular complexity index is 139. The molecule has 64 valence electrons. The van der Waals surface area contributed by atoms with E-state index in [1.807, 2.05) is 0 Å². The second-order valence-corrected chi connectivity index (χ2v) is 2.01. The molecule has 5 nitrogen and oxygen atoms in total. The van der Waals surface area contributed by atoms with E-state index in [-0.39, 0.29) is 13.0 Å². The standard InChI is InChI=1S/C6H10O5/c1-11-3-2-4(5(7)8)6(9)10/h4H,2-3H2,1H3,(H,7,8)(H,9,10). The van der Waals surface area contributed by atoms with Gasteiger partial charge in [-0.1, -0.05) is 0 Å². The van der Waals surface area contributed by atoms with Gasteiger partial charge < -0.3 is 14.9 Å². The predicted octanol–water partition coefficient (Wildman–Crippen LogP) is -0.192. The van der Waals surface area contributed by atoms with Gasteiger partial charge in [0.05, 0.1) is 0 Å². The Morgan fingerprint density at radius 3 is 2.09 bits per heavy atom. The normalized spacial score (nSPS) is 10.0. The number of carboxylic acid groups (broad SMARTS) is 2. The van der Waals surface area contributed by atoms with Crippen LogP contribution in [0, 0.1) is 5.92 Å². The molecule has 5 heteroatoms. The monoisotopic (exact) mass is 162 g/mol. The molecule has 0 aromatic carbocycles. The highest BCUT2D eigenvalue weighted by Crippen LogP contribution is 2.02. The Balaban J connectivity index is 3.90. The van der Waals surface area contributed by atoms with E-state index in [1.54, 1.807) is 0 Å². The summed E-state index contributed by atoms with van der Waals surface area (Å²) in [6, 6.07) is 0. The number of rotatable bonds is 5. The van der Waals surface area contributed by atoms with Crippen LogP contribution in [-0.2, 0) is 14.3 Å². The van der Waals surface area contributed by atoms with E-state index in [4.69, 9.17) is 10.2 Å². The zero-order chi connectivity index (χ0) is 8.85. The van der Waals surface area contributed by atoms with Crippen LogP contribution in [0.5, 0.6) is 0 Å². The number of hydrogen-bond donors (Lipinski definition) is 2. The first-order valence-corrected chi connectivity index (χ1v) is 3.04. The molecule has 0 aliphatic heterocycles. The quantitative estimate of drug-likeness (QED) is 0.547. The number of carboxylic acids is 2. The summed E-state index contributed by atoms with van der Waals surface area (Å²) in [6.45, 7) is 0.142. The van der Waals surface area contributed by atoms with Crippen LogP contribution in [0.25, 0.3) is 0 Å². The number of aliphatic carboxylic acids is 2. The maximum absolute atomic E-state index is 10.2. The molecule has 0 aliphatic carbocycles. The molecule has 0 rings (SSSR count). The lowest BCUT2D eigenvalue weighted by Gasteiger charge is -2.04. The summed E-state index contributed by atoms with van der Waals surface area (Å²) in [5, 5.41) is 16.7. The van der Waals surface area contributed by atoms with Crippen LogP contribution in [0.3, 0.4) is 0 Å². The van der Waals surface area contributed by atoms with Gasteiger partial charge in [-0.25, -0.2) is 0 Å². The molecule has 0 heterocycles. The zero-order valence-corrected chi connectivity index (χ0v) is 6.11. The molecule has 0 aliphatic rings. The second-order valence-electron chi connectivity index (χ2n) is 2.01. The minimum Gasteiger partial charge on any atom is -0.481 e. The van der Waals surface area contributed by atoms with Crippen molar-refractivity contribution in [2.45, 2.75) is 6.42 Å². The van der Waals surface area contributed by atoms with Crippen molar-refractivity contribution in [1.29, 1.82) is 0 Å². The lowest BCUT2D eigenvalue weighted by molar-refractivity contribution is -0.155. The highest BCUT2D eigenvalue weighted by atomic mass is 16.5. The predicted molar refractivity (Wildman–Crippen MR) is 35.3 cm³/mol. The fourth-order valence-corrected chi connectivity index (χ4v) is 0.588. The molecule has 0 amide bonds. The highest BCUT2D eigenvalue weighted by Gasteiger charge is 2.24. The van der Waals surface area contributed by atoms with Crippen molar-refractivity contribution in [3.8, 4) is 0 Å². The van der Waals surface area contributed by atoms with E-state index in [0.29, 0.717) is 0 Å². The van der Waals surface area contributed by atoms with Crippen molar-refractivity contribution in [2.24, 2.45) is 5.92 Å². The first-order valence-electron chi connectivity index (χ1n) is 3.04. The van der Waals surface area contributed by atoms with Gasteiger partial charge in [-0.3, -0.25) is 9.59 Å². The van der Waals surface area contributed by atoms with Gasteiger partial charge >= 0.3 is 11.9 Å². The summed E-state index contributed by atoms with van der Waals surface area (Å²) in [6.07, 6.45) is 0.00116. The molecular formula is C6H10O5. The largest absolute Gasteiger partial charge is 0.481 e. The Morgan fingerprint density at radius 1 is 1.36 bits per heavy atom. The summed E-state index contributed by atoms with van der Waals surface area (Å²) in [5.41, 5.74) is 0. The second kappa shape index (κ2) is 4.68. The van der Waals surface area contributed by atoms with Crippen LogP contribution in [0.2, 0.25) is 0 Å². The van der Waals surface area contributed by atoms with Gasteiger partial charge in [0.15, 0.2) is 5.92 Å². The highest BCUT2D eigenvalue weighted by molar-refractivity contribution is 5.92. The third-order valence-corrected chi connectivity index (χ3v) is 1.21. The topological polar surface area (TPSA) is 83.8 Å². The van der Waals surface area contributed by atoms with Gasteiger partial charge in [-0.05, 0) is 6.42 Å². The van der Waals surface area contributed by atoms with Crippen molar-refractivity contribution in [2.75, 3.05) is 13.7 Å². The minimum atomic E-state index is -1.35. The fourth-order valence-electron chi connectivity index (χ4n) is 0.588. The zero-order valence-electron chi connectivity index (χ0n) is 6.11. The number of ether oxygens (including phenoxy) is 1. The smallest absolute Gasteiger partial charge is 0.317 e. The van der Waals surface area contributed by atoms with Crippen LogP contribution >= 0.6 is 0 Å². The number of methoxy groups -OCH3 is 1. The van der Waals surface area contributed by atoms with E-state index in [9.17, 15) is 9.59 Å². The van der Waals surface area contributed by atoms with Crippen molar-refractivity contribution >= 4 is 11.9 Å². The van der Waals surface area contributed by atoms with Crippen molar-refractivity contribution in [3.05, 3.63) is 0 Å². The maximum atomic E-state index is 10.2. The summed E-state index contributed by atoms with van der Waals surface area (Å²) in [4.78, 5) is 20.4. The maximum Gasteiger partial charge on any atom is 0.317 e. The molecule has 0 spiro atoms. The van der Waals surface area contributed by atoms with Gasteiger partial charge in [0.1, 0.15) is 0 Å². The van der Waals surface area contributed by atoms with Crippen LogP contribution in [0.4, 0.5) is 0 Å². The molecule has 2 N–H and O–H groups in total. The van der Waals surface area contributed by atoms with Gasteiger partial charge in [0, 0.05) is 13.7 Å². The lowest BCUT2D eigenvalue weighted by atomic mass is 10.1. The summed E-state index contributed by atoms with van der Waals surface area (Å²) >= 11 is 0. The van der Waals surface area contributed by atoms with Gasteiger partial charge in [0.25, 0.3) is 0 Å². The van der Waals surface area contributed by atoms with E-state index in [0.717, 1.165) is 0 Å². The third-order valence-electron chi connectivity index (χ3n) is 1.21. The van der Waals surface area contributed by atoms with Gasteiger partial charge in [-0.2, -0.15) is 0 Å². The molecule has 0 radical (unpaired) electrons. The molecule has 0 fully saturated rings. The molecule has 0 bridgehead atoms. The van der Waals surface area contributed by atoms with E-state index in [2.05, 4.69) is 4.74 Å². The molecular weight excluding hydrogens is 152 g/mol. The Hall–Kier alpha value is -1.10. The Kier molecular flexibility index (Phi) is 4.21. The van der Waals surface area contributed by atoms with Crippen molar-refractivity contribution in [1.82, 2.24) is 0 Å². The van der Waals surface area contributed by atoms with Gasteiger partial charge in [0.2, 0.25) is 0 Å². The molecule has 0 saturated carbocycles. The van der Waals surface area contributed by atoms with Crippen LogP contribution in [0.1, 0.15) is 6.42 Å². The minimum absolute atomic E-state index is 0.00116. The fraction of sp³-hybridized carbons (Fsp3) is 0.667. The Morgan fingerprint density at radius 2 is 1.82 bits per heavy atom. The van der Waals surface area contributed by atoms with Crippen LogP contribution in [0.15, 0.2) is 0 Å². The average Bonchev–Trinajstić information content (AvgIpc) is 1.87. The molecule has 0 unspecified atom stereocenters. The van der Waals surface area contributed by atoms with Gasteiger partial charge in [-0.15, -0.1) is 0 Å². The van der Waals surface area contributed by atoms with E-state index >= 15 is 0 Å². The molecule has 0 aromatic rings. The first kappa shape index (κ1) is 9.90. The summed E-state index contributed by atoms with van der Waals surface area (Å²) in [7, 11) is 1.39. The van der Waals surface area contributed by atoms with Crippen molar-refractivity contribution < 1.29 is 24.5 Å². The summed E-state index contributed by atoms with van der Waals surface area (Å²) < 4.78 is 4.55. The molecule has 0 saturated heterocycles. The molecule has 0 atom stereocenters. The third kappa shape index (κ3) is 3.57. The first-order chi connectivity index (χ1) is 5.09. The number of carbonyl (C=O) groups is 2. The molecule has 11 heavy (non-hydrogen) atoms. The van der Waals surface area contributed by atoms with Crippen LogP contribution < -0.4 is 0 Å². The summed E-state index contributed by atoms with van der Waals surface area (Å²) in [5.74, 6) is -4.00. The van der Waals surface area contributed by atoms with E-state index < -0.39 is 17.9 Å². The number of hydrogen-bond acceptors (Lipinski definition) is 3. The molecule has 0 aromatic heterocycles. The average molecular weight is 162 g/mol. The van der Waals surface area contributed by atoms with Crippen LogP contribution in [-0.4, -0.2) is 35.9 Å². The van der Waals surface area contributed by atoms with Crippen molar-refractivity contribution in [3.63, 3.8) is 0 Å². The van der Waals surface area contributed by atoms with E-state index in [1.165, 1.54) is 7.11 Å². The Labute approximate surface area is 63.6 Å².